The highest BCUT2D eigenvalue weighted by atomic mass is 79.9. The Hall–Kier alpha value is -2.91. The fourth-order valence-corrected chi connectivity index (χ4v) is 4.07. The normalized spacial score (nSPS) is 14.2. The minimum absolute atomic E-state index is 0.272. The molecule has 0 spiro atoms. The molecule has 1 saturated heterocycles. The number of anilines is 2. The van der Waals surface area contributed by atoms with E-state index < -0.39 is 11.1 Å². The zero-order valence-electron chi connectivity index (χ0n) is 16.6. The van der Waals surface area contributed by atoms with Crippen molar-refractivity contribution in [3.8, 4) is 0 Å². The Kier molecular flexibility index (Phi) is 5.48. The minimum atomic E-state index is -0.618. The van der Waals surface area contributed by atoms with Gasteiger partial charge in [0.1, 0.15) is 0 Å². The van der Waals surface area contributed by atoms with Gasteiger partial charge in [0, 0.05) is 31.7 Å². The van der Waals surface area contributed by atoms with E-state index in [2.05, 4.69) is 26.1 Å². The maximum atomic E-state index is 13.0. The topological polar surface area (TPSA) is 85.6 Å². The number of fused-ring (bicyclic) bond motifs is 1. The molecule has 1 amide bonds. The standard InChI is InChI=1S/C21H21BrN4O4/c1-24-17-11-15(23-19(27)13-5-3-4-6-14(13)22)16(26-7-9-30-10-8-26)12-18(17)25(2)21(29)20(24)28/h3-6,11-12H,7-10H2,1-2H3,(H,23,27). The van der Waals surface area contributed by atoms with E-state index in [1.165, 1.54) is 9.13 Å². The Morgan fingerprint density at radius 3 is 2.23 bits per heavy atom. The predicted octanol–water partition coefficient (Wildman–Crippen LogP) is 2.09. The molecule has 156 valence electrons. The molecule has 0 saturated carbocycles. The maximum Gasteiger partial charge on any atom is 0.316 e. The van der Waals surface area contributed by atoms with Gasteiger partial charge in [-0.2, -0.15) is 0 Å². The number of carbonyl (C=O) groups excluding carboxylic acids is 1. The number of nitrogens with zero attached hydrogens (tertiary/aromatic N) is 3. The van der Waals surface area contributed by atoms with E-state index in [9.17, 15) is 14.4 Å². The van der Waals surface area contributed by atoms with E-state index in [-0.39, 0.29) is 5.91 Å². The summed E-state index contributed by atoms with van der Waals surface area (Å²) in [5, 5.41) is 2.98. The third kappa shape index (κ3) is 3.54. The first-order valence-electron chi connectivity index (χ1n) is 9.51. The van der Waals surface area contributed by atoms with Gasteiger partial charge in [0.2, 0.25) is 0 Å². The second-order valence-corrected chi connectivity index (χ2v) is 7.97. The Balaban J connectivity index is 1.89. The van der Waals surface area contributed by atoms with Gasteiger partial charge >= 0.3 is 11.1 Å². The lowest BCUT2D eigenvalue weighted by atomic mass is 10.1. The molecule has 1 aliphatic rings. The summed E-state index contributed by atoms with van der Waals surface area (Å²) in [5.74, 6) is -0.272. The van der Waals surface area contributed by atoms with Crippen molar-refractivity contribution in [2.75, 3.05) is 36.5 Å². The van der Waals surface area contributed by atoms with Gasteiger partial charge in [-0.1, -0.05) is 12.1 Å². The van der Waals surface area contributed by atoms with Gasteiger partial charge in [-0.3, -0.25) is 14.4 Å². The quantitative estimate of drug-likeness (QED) is 0.589. The highest BCUT2D eigenvalue weighted by Gasteiger charge is 2.21. The Bertz CT molecular complexity index is 1260. The van der Waals surface area contributed by atoms with Crippen LogP contribution in [-0.4, -0.2) is 41.3 Å². The fourth-order valence-electron chi connectivity index (χ4n) is 3.61. The molecular formula is C21H21BrN4O4. The molecule has 2 heterocycles. The molecule has 1 fully saturated rings. The summed E-state index contributed by atoms with van der Waals surface area (Å²) in [7, 11) is 3.13. The van der Waals surface area contributed by atoms with Crippen molar-refractivity contribution < 1.29 is 9.53 Å². The van der Waals surface area contributed by atoms with Gasteiger partial charge in [-0.05, 0) is 40.2 Å². The number of benzene rings is 2. The van der Waals surface area contributed by atoms with Crippen LogP contribution in [0.2, 0.25) is 0 Å². The van der Waals surface area contributed by atoms with Crippen molar-refractivity contribution in [1.29, 1.82) is 0 Å². The number of ether oxygens (including phenoxy) is 1. The molecule has 0 aliphatic carbocycles. The van der Waals surface area contributed by atoms with E-state index >= 15 is 0 Å². The molecule has 3 aromatic rings. The summed E-state index contributed by atoms with van der Waals surface area (Å²) in [4.78, 5) is 39.7. The summed E-state index contributed by atoms with van der Waals surface area (Å²) >= 11 is 3.41. The molecule has 2 aromatic carbocycles. The molecule has 0 bridgehead atoms. The van der Waals surface area contributed by atoms with E-state index in [0.29, 0.717) is 53.1 Å². The molecule has 0 atom stereocenters. The lowest BCUT2D eigenvalue weighted by Crippen LogP contribution is -2.40. The molecular weight excluding hydrogens is 452 g/mol. The highest BCUT2D eigenvalue weighted by molar-refractivity contribution is 9.10. The average Bonchev–Trinajstić information content (AvgIpc) is 2.76. The van der Waals surface area contributed by atoms with Gasteiger partial charge in [-0.25, -0.2) is 0 Å². The van der Waals surface area contributed by atoms with Crippen molar-refractivity contribution in [2.45, 2.75) is 0 Å². The van der Waals surface area contributed by atoms with E-state index in [0.717, 1.165) is 5.69 Å². The molecule has 8 nitrogen and oxygen atoms in total. The lowest BCUT2D eigenvalue weighted by Gasteiger charge is -2.31. The number of carbonyl (C=O) groups is 1. The molecule has 1 aliphatic heterocycles. The van der Waals surface area contributed by atoms with Crippen LogP contribution in [0.25, 0.3) is 11.0 Å². The Labute approximate surface area is 180 Å². The third-order valence-electron chi connectivity index (χ3n) is 5.33. The number of halogens is 1. The number of aromatic nitrogens is 2. The molecule has 0 radical (unpaired) electrons. The van der Waals surface area contributed by atoms with Crippen LogP contribution in [0.4, 0.5) is 11.4 Å². The van der Waals surface area contributed by atoms with Crippen LogP contribution in [0.1, 0.15) is 10.4 Å². The first kappa shape index (κ1) is 20.4. The van der Waals surface area contributed by atoms with Gasteiger partial charge < -0.3 is 24.1 Å². The van der Waals surface area contributed by atoms with E-state index in [1.807, 2.05) is 12.1 Å². The van der Waals surface area contributed by atoms with Crippen molar-refractivity contribution in [3.63, 3.8) is 0 Å². The second-order valence-electron chi connectivity index (χ2n) is 7.12. The van der Waals surface area contributed by atoms with Crippen molar-refractivity contribution >= 4 is 44.2 Å². The van der Waals surface area contributed by atoms with Crippen LogP contribution in [0, 0.1) is 0 Å². The monoisotopic (exact) mass is 472 g/mol. The highest BCUT2D eigenvalue weighted by Crippen LogP contribution is 2.32. The van der Waals surface area contributed by atoms with Crippen LogP contribution >= 0.6 is 15.9 Å². The largest absolute Gasteiger partial charge is 0.378 e. The van der Waals surface area contributed by atoms with Crippen LogP contribution in [0.15, 0.2) is 50.5 Å². The number of amides is 1. The zero-order valence-corrected chi connectivity index (χ0v) is 18.2. The van der Waals surface area contributed by atoms with Gasteiger partial charge in [0.05, 0.1) is 41.2 Å². The van der Waals surface area contributed by atoms with Crippen molar-refractivity contribution in [1.82, 2.24) is 9.13 Å². The summed E-state index contributed by atoms with van der Waals surface area (Å²) in [6.45, 7) is 2.45. The molecule has 30 heavy (non-hydrogen) atoms. The van der Waals surface area contributed by atoms with E-state index in [1.54, 1.807) is 38.4 Å². The number of aryl methyl sites for hydroxylation is 2. The number of morpholine rings is 1. The fraction of sp³-hybridized carbons (Fsp3) is 0.286. The lowest BCUT2D eigenvalue weighted by molar-refractivity contribution is 0.102. The number of hydrogen-bond donors (Lipinski definition) is 1. The minimum Gasteiger partial charge on any atom is -0.378 e. The summed E-state index contributed by atoms with van der Waals surface area (Å²) in [6.07, 6.45) is 0. The first-order valence-corrected chi connectivity index (χ1v) is 10.3. The SMILES string of the molecule is Cn1c(=O)c(=O)n(C)c2cc(N3CCOCC3)c(NC(=O)c3ccccc3Br)cc21. The van der Waals surface area contributed by atoms with E-state index in [4.69, 9.17) is 4.74 Å². The van der Waals surface area contributed by atoms with Gasteiger partial charge in [0.15, 0.2) is 0 Å². The smallest absolute Gasteiger partial charge is 0.316 e. The summed E-state index contributed by atoms with van der Waals surface area (Å²) in [5.41, 5.74) is 1.80. The summed E-state index contributed by atoms with van der Waals surface area (Å²) in [6, 6.07) is 10.8. The maximum absolute atomic E-state index is 13.0. The van der Waals surface area contributed by atoms with Crippen LogP contribution in [0.5, 0.6) is 0 Å². The Morgan fingerprint density at radius 1 is 1.00 bits per heavy atom. The van der Waals surface area contributed by atoms with Gasteiger partial charge in [0.25, 0.3) is 5.91 Å². The third-order valence-corrected chi connectivity index (χ3v) is 6.02. The number of rotatable bonds is 3. The second kappa shape index (κ2) is 8.08. The molecule has 4 rings (SSSR count). The molecule has 1 N–H and O–H groups in total. The van der Waals surface area contributed by atoms with Crippen molar-refractivity contribution in [3.05, 3.63) is 67.1 Å². The van der Waals surface area contributed by atoms with Gasteiger partial charge in [-0.15, -0.1) is 0 Å². The zero-order chi connectivity index (χ0) is 21.4. The summed E-state index contributed by atoms with van der Waals surface area (Å²) < 4.78 is 8.81. The Morgan fingerprint density at radius 2 is 1.60 bits per heavy atom. The number of hydrogen-bond acceptors (Lipinski definition) is 5. The molecule has 0 unspecified atom stereocenters. The molecule has 1 aromatic heterocycles. The number of nitrogens with one attached hydrogen (secondary N) is 1. The van der Waals surface area contributed by atoms with Crippen LogP contribution in [-0.2, 0) is 18.8 Å². The van der Waals surface area contributed by atoms with Crippen LogP contribution in [0.3, 0.4) is 0 Å². The predicted molar refractivity (Wildman–Crippen MR) is 120 cm³/mol. The van der Waals surface area contributed by atoms with Crippen molar-refractivity contribution in [2.24, 2.45) is 14.1 Å². The first-order chi connectivity index (χ1) is 14.4. The van der Waals surface area contributed by atoms with Crippen LogP contribution < -0.4 is 21.3 Å². The molecule has 9 heteroatoms. The average molecular weight is 473 g/mol.